The van der Waals surface area contributed by atoms with Crippen LogP contribution in [-0.4, -0.2) is 11.9 Å². The van der Waals surface area contributed by atoms with E-state index in [1.165, 1.54) is 6.92 Å². The third-order valence-corrected chi connectivity index (χ3v) is 1.65. The van der Waals surface area contributed by atoms with E-state index >= 15 is 0 Å². The molecule has 0 unspecified atom stereocenters. The van der Waals surface area contributed by atoms with Gasteiger partial charge in [0.1, 0.15) is 0 Å². The third kappa shape index (κ3) is 4.81. The summed E-state index contributed by atoms with van der Waals surface area (Å²) in [4.78, 5) is 10.6. The lowest BCUT2D eigenvalue weighted by Gasteiger charge is -2.02. The summed E-state index contributed by atoms with van der Waals surface area (Å²) >= 11 is 0. The molecule has 0 aliphatic rings. The van der Waals surface area contributed by atoms with Crippen LogP contribution in [0.25, 0.3) is 0 Å². The Hall–Kier alpha value is -1.84. The zero-order valence-electron chi connectivity index (χ0n) is 8.86. The molecule has 0 fully saturated rings. The first-order chi connectivity index (χ1) is 7.18. The second-order valence-electron chi connectivity index (χ2n) is 3.04. The van der Waals surface area contributed by atoms with Crippen LogP contribution in [0.1, 0.15) is 19.4 Å². The van der Waals surface area contributed by atoms with Crippen molar-refractivity contribution in [3.63, 3.8) is 0 Å². The Bertz CT molecular complexity index is 347. The maximum Gasteiger partial charge on any atom is 0.309 e. The van der Waals surface area contributed by atoms with Crippen LogP contribution in [0.15, 0.2) is 35.4 Å². The number of hydrogen-bond acceptors (Lipinski definition) is 4. The SMILES string of the molecule is CC(=O)OC(C)=NNCc1ccccc1. The van der Waals surface area contributed by atoms with Crippen molar-refractivity contribution in [1.82, 2.24) is 5.43 Å². The second-order valence-corrected chi connectivity index (χ2v) is 3.04. The highest BCUT2D eigenvalue weighted by Gasteiger charge is 1.95. The van der Waals surface area contributed by atoms with Crippen molar-refractivity contribution >= 4 is 11.9 Å². The summed E-state index contributed by atoms with van der Waals surface area (Å²) in [6, 6.07) is 9.85. The van der Waals surface area contributed by atoms with E-state index < -0.39 is 0 Å². The van der Waals surface area contributed by atoms with Crippen LogP contribution < -0.4 is 5.43 Å². The molecule has 4 heteroatoms. The fourth-order valence-corrected chi connectivity index (χ4v) is 1.07. The fraction of sp³-hybridized carbons (Fsp3) is 0.273. The maximum absolute atomic E-state index is 10.6. The Labute approximate surface area is 88.9 Å². The molecule has 0 saturated carbocycles. The molecule has 1 aromatic rings. The minimum absolute atomic E-state index is 0.318. The summed E-state index contributed by atoms with van der Waals surface area (Å²) in [7, 11) is 0. The van der Waals surface area contributed by atoms with Gasteiger partial charge >= 0.3 is 5.97 Å². The number of rotatable bonds is 3. The molecule has 1 rings (SSSR count). The first-order valence-corrected chi connectivity index (χ1v) is 4.68. The molecule has 80 valence electrons. The van der Waals surface area contributed by atoms with Crippen LogP contribution in [-0.2, 0) is 16.1 Å². The summed E-state index contributed by atoms with van der Waals surface area (Å²) in [5.41, 5.74) is 3.94. The predicted molar refractivity (Wildman–Crippen MR) is 58.2 cm³/mol. The molecular formula is C11H14N2O2. The van der Waals surface area contributed by atoms with Crippen LogP contribution in [0.5, 0.6) is 0 Å². The largest absolute Gasteiger partial charge is 0.410 e. The number of carbonyl (C=O) groups excluding carboxylic acids is 1. The third-order valence-electron chi connectivity index (χ3n) is 1.65. The normalized spacial score (nSPS) is 10.9. The van der Waals surface area contributed by atoms with E-state index in [1.807, 2.05) is 30.3 Å². The minimum Gasteiger partial charge on any atom is -0.410 e. The summed E-state index contributed by atoms with van der Waals surface area (Å²) in [5.74, 6) is -0.0452. The first kappa shape index (κ1) is 11.2. The maximum atomic E-state index is 10.6. The van der Waals surface area contributed by atoms with Gasteiger partial charge in [-0.3, -0.25) is 4.79 Å². The number of esters is 1. The van der Waals surface area contributed by atoms with Gasteiger partial charge in [0.2, 0.25) is 5.90 Å². The van der Waals surface area contributed by atoms with E-state index in [0.717, 1.165) is 5.56 Å². The van der Waals surface area contributed by atoms with Gasteiger partial charge in [0, 0.05) is 13.8 Å². The van der Waals surface area contributed by atoms with Crippen molar-refractivity contribution in [3.05, 3.63) is 35.9 Å². The van der Waals surface area contributed by atoms with E-state index in [4.69, 9.17) is 4.74 Å². The van der Waals surface area contributed by atoms with E-state index in [9.17, 15) is 4.79 Å². The molecule has 0 heterocycles. The van der Waals surface area contributed by atoms with Crippen molar-refractivity contribution in [2.45, 2.75) is 20.4 Å². The lowest BCUT2D eigenvalue weighted by Crippen LogP contribution is -2.12. The number of ether oxygens (including phenoxy) is 1. The molecule has 4 nitrogen and oxygen atoms in total. The standard InChI is InChI=1S/C11H14N2O2/c1-9(15-10(2)14)13-12-8-11-6-4-3-5-7-11/h3-7,12H,8H2,1-2H3. The van der Waals surface area contributed by atoms with Crippen molar-refractivity contribution in [2.24, 2.45) is 5.10 Å². The van der Waals surface area contributed by atoms with Crippen molar-refractivity contribution < 1.29 is 9.53 Å². The van der Waals surface area contributed by atoms with Gasteiger partial charge in [-0.25, -0.2) is 0 Å². The van der Waals surface area contributed by atoms with Crippen molar-refractivity contribution in [3.8, 4) is 0 Å². The number of hydrogen-bond donors (Lipinski definition) is 1. The topological polar surface area (TPSA) is 50.7 Å². The molecule has 0 aliphatic heterocycles. The van der Waals surface area contributed by atoms with E-state index in [-0.39, 0.29) is 5.97 Å². The van der Waals surface area contributed by atoms with E-state index in [2.05, 4.69) is 10.5 Å². The highest BCUT2D eigenvalue weighted by molar-refractivity contribution is 5.85. The monoisotopic (exact) mass is 206 g/mol. The molecule has 0 aliphatic carbocycles. The number of carbonyl (C=O) groups is 1. The Kier molecular flexibility index (Phi) is 4.34. The minimum atomic E-state index is -0.363. The summed E-state index contributed by atoms with van der Waals surface area (Å²) in [5, 5.41) is 3.88. The molecule has 0 amide bonds. The van der Waals surface area contributed by atoms with Crippen molar-refractivity contribution in [2.75, 3.05) is 0 Å². The molecule has 1 aromatic carbocycles. The number of nitrogens with zero attached hydrogens (tertiary/aromatic N) is 1. The average Bonchev–Trinajstić information content (AvgIpc) is 2.18. The Balaban J connectivity index is 2.35. The van der Waals surface area contributed by atoms with E-state index in [1.54, 1.807) is 6.92 Å². The lowest BCUT2D eigenvalue weighted by molar-refractivity contribution is -0.133. The summed E-state index contributed by atoms with van der Waals surface area (Å²) in [6.45, 7) is 3.58. The van der Waals surface area contributed by atoms with Gasteiger partial charge in [-0.2, -0.15) is 0 Å². The molecule has 0 aromatic heterocycles. The molecule has 1 N–H and O–H groups in total. The Morgan fingerprint density at radius 3 is 2.60 bits per heavy atom. The molecule has 0 saturated heterocycles. The molecular weight excluding hydrogens is 192 g/mol. The smallest absolute Gasteiger partial charge is 0.309 e. The summed E-state index contributed by atoms with van der Waals surface area (Å²) < 4.78 is 4.74. The van der Waals surface area contributed by atoms with Crippen LogP contribution in [0.2, 0.25) is 0 Å². The van der Waals surface area contributed by atoms with Gasteiger partial charge < -0.3 is 10.2 Å². The van der Waals surface area contributed by atoms with Gasteiger partial charge in [-0.1, -0.05) is 30.3 Å². The number of hydrazone groups is 1. The molecule has 0 spiro atoms. The predicted octanol–water partition coefficient (Wildman–Crippen LogP) is 1.67. The highest BCUT2D eigenvalue weighted by Crippen LogP contribution is 1.96. The Morgan fingerprint density at radius 1 is 1.33 bits per heavy atom. The summed E-state index contributed by atoms with van der Waals surface area (Å²) in [6.07, 6.45) is 0. The van der Waals surface area contributed by atoms with Crippen LogP contribution in [0.4, 0.5) is 0 Å². The second kappa shape index (κ2) is 5.80. The van der Waals surface area contributed by atoms with Gasteiger partial charge in [-0.15, -0.1) is 5.10 Å². The van der Waals surface area contributed by atoms with Gasteiger partial charge in [-0.05, 0) is 5.56 Å². The lowest BCUT2D eigenvalue weighted by atomic mass is 10.2. The molecule has 0 bridgehead atoms. The van der Waals surface area contributed by atoms with Gasteiger partial charge in [0.25, 0.3) is 0 Å². The van der Waals surface area contributed by atoms with Gasteiger partial charge in [0.05, 0.1) is 6.54 Å². The molecule has 15 heavy (non-hydrogen) atoms. The fourth-order valence-electron chi connectivity index (χ4n) is 1.07. The number of benzene rings is 1. The zero-order chi connectivity index (χ0) is 11.1. The van der Waals surface area contributed by atoms with Crippen LogP contribution in [0, 0.1) is 0 Å². The zero-order valence-corrected chi connectivity index (χ0v) is 8.86. The highest BCUT2D eigenvalue weighted by atomic mass is 16.5. The number of nitrogens with one attached hydrogen (secondary N) is 1. The molecule has 0 radical (unpaired) electrons. The molecule has 0 atom stereocenters. The first-order valence-electron chi connectivity index (χ1n) is 4.68. The van der Waals surface area contributed by atoms with E-state index in [0.29, 0.717) is 12.4 Å². The van der Waals surface area contributed by atoms with Gasteiger partial charge in [0.15, 0.2) is 0 Å². The van der Waals surface area contributed by atoms with Crippen LogP contribution in [0.3, 0.4) is 0 Å². The average molecular weight is 206 g/mol. The van der Waals surface area contributed by atoms with Crippen LogP contribution >= 0.6 is 0 Å². The van der Waals surface area contributed by atoms with Crippen molar-refractivity contribution in [1.29, 1.82) is 0 Å². The quantitative estimate of drug-likeness (QED) is 0.354. The Morgan fingerprint density at radius 2 is 2.00 bits per heavy atom.